The van der Waals surface area contributed by atoms with E-state index in [1.165, 1.54) is 18.2 Å². The third kappa shape index (κ3) is 3.93. The Kier molecular flexibility index (Phi) is 5.05. The molecule has 0 saturated heterocycles. The summed E-state index contributed by atoms with van der Waals surface area (Å²) in [6.45, 7) is 1.85. The fourth-order valence-electron chi connectivity index (χ4n) is 3.07. The Hall–Kier alpha value is -4.32. The first-order valence-electron chi connectivity index (χ1n) is 9.15. The van der Waals surface area contributed by atoms with E-state index < -0.39 is 4.92 Å². The molecule has 0 radical (unpaired) electrons. The van der Waals surface area contributed by atoms with Gasteiger partial charge in [0.15, 0.2) is 5.82 Å². The molecule has 4 aromatic rings. The number of nitro groups is 1. The van der Waals surface area contributed by atoms with E-state index in [0.29, 0.717) is 34.9 Å². The van der Waals surface area contributed by atoms with Gasteiger partial charge >= 0.3 is 0 Å². The molecule has 4 rings (SSSR count). The Bertz CT molecular complexity index is 1260. The van der Waals surface area contributed by atoms with Crippen LogP contribution in [0.4, 0.5) is 11.5 Å². The number of nitrogens with zero attached hydrogens (tertiary/aromatic N) is 5. The second-order valence-corrected chi connectivity index (χ2v) is 6.70. The van der Waals surface area contributed by atoms with Crippen LogP contribution < -0.4 is 5.32 Å². The van der Waals surface area contributed by atoms with Crippen molar-refractivity contribution in [3.63, 3.8) is 0 Å². The van der Waals surface area contributed by atoms with Gasteiger partial charge in [0.1, 0.15) is 5.82 Å². The number of nitro benzene ring substituents is 1. The normalized spacial score (nSPS) is 11.7. The van der Waals surface area contributed by atoms with Crippen LogP contribution >= 0.6 is 0 Å². The molecule has 0 fully saturated rings. The first-order valence-corrected chi connectivity index (χ1v) is 9.15. The van der Waals surface area contributed by atoms with Crippen LogP contribution in [-0.4, -0.2) is 20.0 Å². The van der Waals surface area contributed by atoms with Crippen molar-refractivity contribution in [2.75, 3.05) is 5.32 Å². The second-order valence-electron chi connectivity index (χ2n) is 6.70. The van der Waals surface area contributed by atoms with E-state index in [9.17, 15) is 15.4 Å². The summed E-state index contributed by atoms with van der Waals surface area (Å²) in [6.07, 6.45) is 0.534. The minimum absolute atomic E-state index is 0.0902. The van der Waals surface area contributed by atoms with Crippen molar-refractivity contribution in [1.29, 1.82) is 5.26 Å². The summed E-state index contributed by atoms with van der Waals surface area (Å²) in [5.41, 5.74) is 1.74. The molecule has 2 heterocycles. The van der Waals surface area contributed by atoms with Crippen LogP contribution in [0.3, 0.4) is 0 Å². The molecule has 2 aromatic carbocycles. The zero-order chi connectivity index (χ0) is 21.1. The van der Waals surface area contributed by atoms with Crippen molar-refractivity contribution in [1.82, 2.24) is 15.1 Å². The Labute approximate surface area is 171 Å². The van der Waals surface area contributed by atoms with Crippen molar-refractivity contribution in [3.05, 3.63) is 87.6 Å². The van der Waals surface area contributed by atoms with Crippen molar-refractivity contribution in [2.24, 2.45) is 0 Å². The summed E-state index contributed by atoms with van der Waals surface area (Å²) in [5.74, 6) is 1.40. The highest BCUT2D eigenvalue weighted by molar-refractivity contribution is 5.88. The number of nitriles is 1. The van der Waals surface area contributed by atoms with Crippen LogP contribution in [0.5, 0.6) is 0 Å². The van der Waals surface area contributed by atoms with E-state index >= 15 is 0 Å². The number of aromatic nitrogens is 3. The SMILES string of the molecule is CC(Nc1cc(C#N)c2cc([N+](=O)[O-])ccc2n1)c1noc(Cc2ccccc2)n1. The maximum Gasteiger partial charge on any atom is 0.270 e. The fraction of sp³-hybridized carbons (Fsp3) is 0.143. The molecule has 0 aliphatic rings. The zero-order valence-electron chi connectivity index (χ0n) is 15.9. The number of hydrogen-bond donors (Lipinski definition) is 1. The van der Waals surface area contributed by atoms with Gasteiger partial charge in [-0.15, -0.1) is 0 Å². The van der Waals surface area contributed by atoms with Crippen molar-refractivity contribution < 1.29 is 9.45 Å². The number of rotatable bonds is 6. The fourth-order valence-corrected chi connectivity index (χ4v) is 3.07. The lowest BCUT2D eigenvalue weighted by atomic mass is 10.1. The van der Waals surface area contributed by atoms with Gasteiger partial charge in [-0.25, -0.2) is 4.98 Å². The largest absolute Gasteiger partial charge is 0.360 e. The number of non-ortho nitro benzene ring substituents is 1. The summed E-state index contributed by atoms with van der Waals surface area (Å²) >= 11 is 0. The highest BCUT2D eigenvalue weighted by atomic mass is 16.6. The van der Waals surface area contributed by atoms with Crippen LogP contribution in [0.1, 0.15) is 35.8 Å². The molecule has 1 unspecified atom stereocenters. The van der Waals surface area contributed by atoms with E-state index in [4.69, 9.17) is 4.52 Å². The maximum atomic E-state index is 11.0. The summed E-state index contributed by atoms with van der Waals surface area (Å²) < 4.78 is 5.34. The van der Waals surface area contributed by atoms with Gasteiger partial charge in [0.2, 0.25) is 5.89 Å². The van der Waals surface area contributed by atoms with Gasteiger partial charge in [-0.1, -0.05) is 35.5 Å². The average Bonchev–Trinajstić information content (AvgIpc) is 3.22. The summed E-state index contributed by atoms with van der Waals surface area (Å²) in [7, 11) is 0. The molecule has 0 bridgehead atoms. The molecule has 0 saturated carbocycles. The summed E-state index contributed by atoms with van der Waals surface area (Å²) in [6, 6.07) is 17.3. The van der Waals surface area contributed by atoms with Gasteiger partial charge in [0.25, 0.3) is 5.69 Å². The Morgan fingerprint density at radius 1 is 1.20 bits per heavy atom. The third-order valence-electron chi connectivity index (χ3n) is 4.56. The summed E-state index contributed by atoms with van der Waals surface area (Å²) in [5, 5.41) is 28.1. The van der Waals surface area contributed by atoms with Gasteiger partial charge < -0.3 is 9.84 Å². The standard InChI is InChI=1S/C21H16N6O3/c1-13(21-25-20(30-26-21)9-14-5-3-2-4-6-14)23-19-10-15(12-22)17-11-16(27(28)29)7-8-18(17)24-19/h2-8,10-11,13H,9H2,1H3,(H,23,24). The number of pyridine rings is 1. The first kappa shape index (κ1) is 19.0. The second kappa shape index (κ2) is 7.97. The van der Waals surface area contributed by atoms with Crippen LogP contribution in [0.2, 0.25) is 0 Å². The summed E-state index contributed by atoms with van der Waals surface area (Å²) in [4.78, 5) is 19.4. The van der Waals surface area contributed by atoms with Crippen LogP contribution in [-0.2, 0) is 6.42 Å². The molecular formula is C21H16N6O3. The zero-order valence-corrected chi connectivity index (χ0v) is 15.9. The number of nitrogens with one attached hydrogen (secondary N) is 1. The number of anilines is 1. The lowest BCUT2D eigenvalue weighted by Crippen LogP contribution is -2.10. The molecule has 148 valence electrons. The van der Waals surface area contributed by atoms with E-state index in [0.717, 1.165) is 5.56 Å². The maximum absolute atomic E-state index is 11.0. The predicted octanol–water partition coefficient (Wildman–Crippen LogP) is 4.16. The third-order valence-corrected chi connectivity index (χ3v) is 4.56. The highest BCUT2D eigenvalue weighted by Crippen LogP contribution is 2.26. The molecule has 9 heteroatoms. The van der Waals surface area contributed by atoms with Gasteiger partial charge in [0, 0.05) is 17.5 Å². The van der Waals surface area contributed by atoms with E-state index in [1.54, 1.807) is 6.07 Å². The molecular weight excluding hydrogens is 384 g/mol. The Morgan fingerprint density at radius 2 is 2.00 bits per heavy atom. The monoisotopic (exact) mass is 400 g/mol. The van der Waals surface area contributed by atoms with Crippen molar-refractivity contribution in [3.8, 4) is 6.07 Å². The van der Waals surface area contributed by atoms with Crippen molar-refractivity contribution in [2.45, 2.75) is 19.4 Å². The quantitative estimate of drug-likeness (QED) is 0.377. The molecule has 30 heavy (non-hydrogen) atoms. The van der Waals surface area contributed by atoms with Crippen LogP contribution in [0, 0.1) is 21.4 Å². The molecule has 9 nitrogen and oxygen atoms in total. The van der Waals surface area contributed by atoms with Crippen LogP contribution in [0.25, 0.3) is 10.9 Å². The molecule has 1 N–H and O–H groups in total. The molecule has 0 amide bonds. The van der Waals surface area contributed by atoms with Crippen LogP contribution in [0.15, 0.2) is 59.1 Å². The number of benzene rings is 2. The average molecular weight is 400 g/mol. The Balaban J connectivity index is 1.56. The predicted molar refractivity (Wildman–Crippen MR) is 109 cm³/mol. The van der Waals surface area contributed by atoms with E-state index in [1.807, 2.05) is 37.3 Å². The molecule has 0 aliphatic heterocycles. The molecule has 2 aromatic heterocycles. The smallest absolute Gasteiger partial charge is 0.270 e. The highest BCUT2D eigenvalue weighted by Gasteiger charge is 2.17. The lowest BCUT2D eigenvalue weighted by Gasteiger charge is -2.12. The Morgan fingerprint density at radius 3 is 2.73 bits per heavy atom. The van der Waals surface area contributed by atoms with Crippen molar-refractivity contribution >= 4 is 22.4 Å². The minimum atomic E-state index is -0.502. The first-order chi connectivity index (χ1) is 14.5. The number of fused-ring (bicyclic) bond motifs is 1. The molecule has 1 atom stereocenters. The van der Waals surface area contributed by atoms with Gasteiger partial charge in [-0.05, 0) is 24.6 Å². The molecule has 0 aliphatic carbocycles. The van der Waals surface area contributed by atoms with Gasteiger partial charge in [-0.2, -0.15) is 10.2 Å². The van der Waals surface area contributed by atoms with Gasteiger partial charge in [0.05, 0.1) is 34.5 Å². The van der Waals surface area contributed by atoms with Gasteiger partial charge in [-0.3, -0.25) is 10.1 Å². The lowest BCUT2D eigenvalue weighted by molar-refractivity contribution is -0.384. The minimum Gasteiger partial charge on any atom is -0.360 e. The van der Waals surface area contributed by atoms with E-state index in [2.05, 4.69) is 26.5 Å². The topological polar surface area (TPSA) is 131 Å². The number of hydrogen-bond acceptors (Lipinski definition) is 8. The van der Waals surface area contributed by atoms with E-state index in [-0.39, 0.29) is 17.3 Å². The molecule has 0 spiro atoms.